The van der Waals surface area contributed by atoms with E-state index in [1.54, 1.807) is 0 Å². The zero-order valence-electron chi connectivity index (χ0n) is 10.6. The molecule has 0 radical (unpaired) electrons. The summed E-state index contributed by atoms with van der Waals surface area (Å²) in [7, 11) is 0. The van der Waals surface area contributed by atoms with Gasteiger partial charge in [-0.2, -0.15) is 0 Å². The summed E-state index contributed by atoms with van der Waals surface area (Å²) in [5.41, 5.74) is 3.51. The molecule has 2 rings (SSSR count). The minimum atomic E-state index is -4.74. The smallest absolute Gasteiger partial charge is 0.406 e. The van der Waals surface area contributed by atoms with E-state index in [1.807, 2.05) is 0 Å². The monoisotopic (exact) mass is 301 g/mol. The van der Waals surface area contributed by atoms with Crippen molar-refractivity contribution in [3.63, 3.8) is 0 Å². The number of pyridine rings is 1. The third kappa shape index (κ3) is 4.06. The Hall–Kier alpha value is -2.35. The number of alkyl halides is 3. The molecule has 3 N–H and O–H groups in total. The van der Waals surface area contributed by atoms with Crippen LogP contribution in [0.25, 0.3) is 0 Å². The Balaban J connectivity index is 2.18. The molecule has 1 aromatic heterocycles. The van der Waals surface area contributed by atoms with Gasteiger partial charge in [0.25, 0.3) is 0 Å². The summed E-state index contributed by atoms with van der Waals surface area (Å²) in [4.78, 5) is 3.65. The molecule has 4 nitrogen and oxygen atoms in total. The number of benzene rings is 1. The fraction of sp³-hybridized carbons (Fsp3) is 0.154. The molecule has 2 aromatic rings. The molecule has 112 valence electrons. The average molecular weight is 301 g/mol. The van der Waals surface area contributed by atoms with Crippen LogP contribution in [0, 0.1) is 5.82 Å². The number of nitrogen functional groups attached to an aromatic ring is 1. The third-order valence-electron chi connectivity index (χ3n) is 2.70. The quantitative estimate of drug-likeness (QED) is 0.518. The van der Waals surface area contributed by atoms with E-state index in [4.69, 9.17) is 5.84 Å². The lowest BCUT2D eigenvalue weighted by Gasteiger charge is -2.11. The Morgan fingerprint density at radius 3 is 2.38 bits per heavy atom. The zero-order chi connectivity index (χ0) is 15.5. The van der Waals surface area contributed by atoms with Crippen LogP contribution in [0.4, 0.5) is 23.2 Å². The number of nitrogens with one attached hydrogen (secondary N) is 1. The second-order valence-corrected chi connectivity index (χ2v) is 4.16. The van der Waals surface area contributed by atoms with E-state index < -0.39 is 12.2 Å². The minimum Gasteiger partial charge on any atom is -0.406 e. The predicted molar refractivity (Wildman–Crippen MR) is 67.9 cm³/mol. The van der Waals surface area contributed by atoms with Gasteiger partial charge in [0.15, 0.2) is 0 Å². The van der Waals surface area contributed by atoms with Gasteiger partial charge in [0, 0.05) is 12.0 Å². The van der Waals surface area contributed by atoms with E-state index in [1.165, 1.54) is 18.3 Å². The summed E-state index contributed by atoms with van der Waals surface area (Å²) in [6.45, 7) is 0. The standard InChI is InChI=1S/C13H11F4N3O/c14-11-6-19-7-12(20-18)10(11)5-8-1-3-9(4-2-8)21-13(15,16)17/h1-4,6-7,20H,5,18H2. The summed E-state index contributed by atoms with van der Waals surface area (Å²) >= 11 is 0. The van der Waals surface area contributed by atoms with Crippen LogP contribution in [0.1, 0.15) is 11.1 Å². The number of halogens is 4. The normalized spacial score (nSPS) is 11.3. The van der Waals surface area contributed by atoms with Crippen molar-refractivity contribution < 1.29 is 22.3 Å². The predicted octanol–water partition coefficient (Wildman–Crippen LogP) is 3.00. The summed E-state index contributed by atoms with van der Waals surface area (Å²) in [6.07, 6.45) is -2.19. The average Bonchev–Trinajstić information content (AvgIpc) is 2.41. The van der Waals surface area contributed by atoms with Crippen molar-refractivity contribution in [2.45, 2.75) is 12.8 Å². The van der Waals surface area contributed by atoms with Crippen LogP contribution in [0.15, 0.2) is 36.7 Å². The van der Waals surface area contributed by atoms with Crippen LogP contribution in [0.2, 0.25) is 0 Å². The molecule has 0 aliphatic heterocycles. The molecule has 1 aromatic carbocycles. The Morgan fingerprint density at radius 1 is 1.14 bits per heavy atom. The van der Waals surface area contributed by atoms with Crippen molar-refractivity contribution in [3.05, 3.63) is 53.6 Å². The molecule has 8 heteroatoms. The number of nitrogens with zero attached hydrogens (tertiary/aromatic N) is 1. The summed E-state index contributed by atoms with van der Waals surface area (Å²) < 4.78 is 53.6. The summed E-state index contributed by atoms with van der Waals surface area (Å²) in [5, 5.41) is 0. The molecule has 1 heterocycles. The summed E-state index contributed by atoms with van der Waals surface area (Å²) in [6, 6.07) is 5.16. The highest BCUT2D eigenvalue weighted by Crippen LogP contribution is 2.25. The van der Waals surface area contributed by atoms with E-state index in [0.29, 0.717) is 11.3 Å². The molecular formula is C13H11F4N3O. The van der Waals surface area contributed by atoms with Gasteiger partial charge in [0.2, 0.25) is 0 Å². The van der Waals surface area contributed by atoms with Crippen LogP contribution < -0.4 is 16.0 Å². The first-order valence-electron chi connectivity index (χ1n) is 5.83. The molecule has 0 bridgehead atoms. The molecule has 0 fully saturated rings. The number of anilines is 1. The number of hydrazine groups is 1. The van der Waals surface area contributed by atoms with Crippen LogP contribution in [0.5, 0.6) is 5.75 Å². The van der Waals surface area contributed by atoms with E-state index in [-0.39, 0.29) is 17.7 Å². The second kappa shape index (κ2) is 5.96. The maximum Gasteiger partial charge on any atom is 0.573 e. The Morgan fingerprint density at radius 2 is 1.81 bits per heavy atom. The highest BCUT2D eigenvalue weighted by Gasteiger charge is 2.30. The lowest BCUT2D eigenvalue weighted by Crippen LogP contribution is -2.17. The van der Waals surface area contributed by atoms with Crippen molar-refractivity contribution in [2.24, 2.45) is 5.84 Å². The molecule has 0 amide bonds. The van der Waals surface area contributed by atoms with Gasteiger partial charge in [-0.3, -0.25) is 10.8 Å². The molecule has 0 aliphatic carbocycles. The molecule has 0 atom stereocenters. The molecular weight excluding hydrogens is 290 g/mol. The first-order chi connectivity index (χ1) is 9.89. The topological polar surface area (TPSA) is 60.2 Å². The van der Waals surface area contributed by atoms with Gasteiger partial charge in [-0.25, -0.2) is 4.39 Å². The van der Waals surface area contributed by atoms with E-state index in [2.05, 4.69) is 15.1 Å². The number of rotatable bonds is 4. The van der Waals surface area contributed by atoms with Gasteiger partial charge in [-0.15, -0.1) is 13.2 Å². The highest BCUT2D eigenvalue weighted by molar-refractivity contribution is 5.50. The van der Waals surface area contributed by atoms with Crippen molar-refractivity contribution in [1.29, 1.82) is 0 Å². The first kappa shape index (κ1) is 15.0. The van der Waals surface area contributed by atoms with Gasteiger partial charge < -0.3 is 10.2 Å². The van der Waals surface area contributed by atoms with Gasteiger partial charge in [0.05, 0.1) is 18.1 Å². The molecule has 21 heavy (non-hydrogen) atoms. The Bertz CT molecular complexity index is 614. The van der Waals surface area contributed by atoms with Crippen LogP contribution in [-0.4, -0.2) is 11.3 Å². The fourth-order valence-electron chi connectivity index (χ4n) is 1.78. The lowest BCUT2D eigenvalue weighted by atomic mass is 10.0. The van der Waals surface area contributed by atoms with Crippen molar-refractivity contribution in [1.82, 2.24) is 4.98 Å². The van der Waals surface area contributed by atoms with E-state index in [0.717, 1.165) is 18.3 Å². The number of aromatic nitrogens is 1. The fourth-order valence-corrected chi connectivity index (χ4v) is 1.78. The number of hydrogen-bond acceptors (Lipinski definition) is 4. The molecule has 0 unspecified atom stereocenters. The van der Waals surface area contributed by atoms with E-state index in [9.17, 15) is 17.6 Å². The minimum absolute atomic E-state index is 0.153. The maximum atomic E-state index is 13.7. The highest BCUT2D eigenvalue weighted by atomic mass is 19.4. The molecule has 0 spiro atoms. The molecule has 0 saturated heterocycles. The largest absolute Gasteiger partial charge is 0.573 e. The lowest BCUT2D eigenvalue weighted by molar-refractivity contribution is -0.274. The number of nitrogens with two attached hydrogens (primary N) is 1. The molecule has 0 saturated carbocycles. The van der Waals surface area contributed by atoms with Crippen LogP contribution >= 0.6 is 0 Å². The zero-order valence-corrected chi connectivity index (χ0v) is 10.6. The third-order valence-corrected chi connectivity index (χ3v) is 2.70. The van der Waals surface area contributed by atoms with Crippen molar-refractivity contribution >= 4 is 5.69 Å². The van der Waals surface area contributed by atoms with Crippen LogP contribution in [-0.2, 0) is 6.42 Å². The Labute approximate surface area is 117 Å². The van der Waals surface area contributed by atoms with Crippen LogP contribution in [0.3, 0.4) is 0 Å². The van der Waals surface area contributed by atoms with Gasteiger partial charge in [0.1, 0.15) is 11.6 Å². The second-order valence-electron chi connectivity index (χ2n) is 4.16. The van der Waals surface area contributed by atoms with Gasteiger partial charge in [-0.1, -0.05) is 12.1 Å². The first-order valence-corrected chi connectivity index (χ1v) is 5.83. The SMILES string of the molecule is NNc1cncc(F)c1Cc1ccc(OC(F)(F)F)cc1. The molecule has 0 aliphatic rings. The summed E-state index contributed by atoms with van der Waals surface area (Å²) in [5.74, 6) is 4.38. The van der Waals surface area contributed by atoms with Crippen molar-refractivity contribution in [2.75, 3.05) is 5.43 Å². The Kier molecular flexibility index (Phi) is 4.27. The number of hydrogen-bond donors (Lipinski definition) is 2. The van der Waals surface area contributed by atoms with Gasteiger partial charge >= 0.3 is 6.36 Å². The van der Waals surface area contributed by atoms with Crippen molar-refractivity contribution in [3.8, 4) is 5.75 Å². The van der Waals surface area contributed by atoms with Gasteiger partial charge in [-0.05, 0) is 17.7 Å². The van der Waals surface area contributed by atoms with E-state index >= 15 is 0 Å². The number of ether oxygens (including phenoxy) is 1. The maximum absolute atomic E-state index is 13.7.